The molecule has 0 spiro atoms. The van der Waals surface area contributed by atoms with Crippen LogP contribution in [0.3, 0.4) is 0 Å². The zero-order valence-electron chi connectivity index (χ0n) is 9.19. The Hall–Kier alpha value is -1.13. The highest BCUT2D eigenvalue weighted by Crippen LogP contribution is 2.19. The SMILES string of the molecule is C=Cc1nc(Cl)cc(N2CCOC(C)C2)n1. The van der Waals surface area contributed by atoms with Crippen molar-refractivity contribution in [1.82, 2.24) is 9.97 Å². The molecule has 0 aliphatic carbocycles. The van der Waals surface area contributed by atoms with Gasteiger partial charge in [-0.1, -0.05) is 18.2 Å². The summed E-state index contributed by atoms with van der Waals surface area (Å²) in [5.74, 6) is 1.40. The maximum absolute atomic E-state index is 5.93. The van der Waals surface area contributed by atoms with E-state index >= 15 is 0 Å². The first-order valence-corrected chi connectivity index (χ1v) is 5.60. The molecule has 0 saturated carbocycles. The first-order chi connectivity index (χ1) is 7.69. The Bertz CT molecular complexity index is 397. The third-order valence-electron chi connectivity index (χ3n) is 2.45. The minimum atomic E-state index is 0.217. The summed E-state index contributed by atoms with van der Waals surface area (Å²) in [6.45, 7) is 8.06. The quantitative estimate of drug-likeness (QED) is 0.740. The number of rotatable bonds is 2. The van der Waals surface area contributed by atoms with Crippen LogP contribution in [0.1, 0.15) is 12.7 Å². The molecule has 0 aromatic carbocycles. The molecule has 0 N–H and O–H groups in total. The van der Waals surface area contributed by atoms with E-state index in [1.807, 2.05) is 6.92 Å². The Balaban J connectivity index is 2.24. The Morgan fingerprint density at radius 1 is 1.62 bits per heavy atom. The molecule has 1 aromatic heterocycles. The Kier molecular flexibility index (Phi) is 3.41. The van der Waals surface area contributed by atoms with E-state index in [-0.39, 0.29) is 6.10 Å². The van der Waals surface area contributed by atoms with Gasteiger partial charge in [0.15, 0.2) is 5.82 Å². The van der Waals surface area contributed by atoms with E-state index < -0.39 is 0 Å². The molecule has 4 nitrogen and oxygen atoms in total. The number of hydrogen-bond acceptors (Lipinski definition) is 4. The van der Waals surface area contributed by atoms with Crippen LogP contribution in [0, 0.1) is 0 Å². The molecule has 1 unspecified atom stereocenters. The van der Waals surface area contributed by atoms with Crippen molar-refractivity contribution in [3.05, 3.63) is 23.6 Å². The number of morpholine rings is 1. The van der Waals surface area contributed by atoms with Gasteiger partial charge in [0.2, 0.25) is 0 Å². The van der Waals surface area contributed by atoms with Crippen LogP contribution in [0.25, 0.3) is 6.08 Å². The standard InChI is InChI=1S/C11H14ClN3O/c1-3-10-13-9(12)6-11(14-10)15-4-5-16-8(2)7-15/h3,6,8H,1,4-5,7H2,2H3. The number of anilines is 1. The lowest BCUT2D eigenvalue weighted by atomic mass is 10.3. The summed E-state index contributed by atoms with van der Waals surface area (Å²) in [4.78, 5) is 10.6. The molecule has 2 rings (SSSR count). The normalized spacial score (nSPS) is 20.9. The van der Waals surface area contributed by atoms with Gasteiger partial charge in [-0.15, -0.1) is 0 Å². The number of hydrogen-bond donors (Lipinski definition) is 0. The monoisotopic (exact) mass is 239 g/mol. The van der Waals surface area contributed by atoms with Crippen LogP contribution < -0.4 is 4.90 Å². The van der Waals surface area contributed by atoms with Crippen LogP contribution in [0.4, 0.5) is 5.82 Å². The predicted molar refractivity (Wildman–Crippen MR) is 64.8 cm³/mol. The van der Waals surface area contributed by atoms with E-state index in [1.54, 1.807) is 12.1 Å². The van der Waals surface area contributed by atoms with Crippen molar-refractivity contribution in [3.63, 3.8) is 0 Å². The Labute approximate surface area is 99.9 Å². The van der Waals surface area contributed by atoms with Crippen LogP contribution in [0.2, 0.25) is 5.15 Å². The minimum absolute atomic E-state index is 0.217. The molecule has 0 bridgehead atoms. The van der Waals surface area contributed by atoms with Crippen molar-refractivity contribution < 1.29 is 4.74 Å². The van der Waals surface area contributed by atoms with E-state index in [9.17, 15) is 0 Å². The summed E-state index contributed by atoms with van der Waals surface area (Å²) in [6.07, 6.45) is 1.81. The zero-order chi connectivity index (χ0) is 11.5. The van der Waals surface area contributed by atoms with Gasteiger partial charge in [-0.3, -0.25) is 0 Å². The molecule has 1 aliphatic heterocycles. The van der Waals surface area contributed by atoms with E-state index in [1.165, 1.54) is 0 Å². The average molecular weight is 240 g/mol. The molecule has 86 valence electrons. The van der Waals surface area contributed by atoms with Gasteiger partial charge < -0.3 is 9.64 Å². The summed E-state index contributed by atoms with van der Waals surface area (Å²) >= 11 is 5.93. The van der Waals surface area contributed by atoms with E-state index in [0.717, 1.165) is 18.9 Å². The second-order valence-electron chi connectivity index (χ2n) is 3.74. The topological polar surface area (TPSA) is 38.2 Å². The van der Waals surface area contributed by atoms with Crippen molar-refractivity contribution in [2.75, 3.05) is 24.6 Å². The fourth-order valence-corrected chi connectivity index (χ4v) is 1.89. The molecule has 16 heavy (non-hydrogen) atoms. The maximum atomic E-state index is 5.93. The first-order valence-electron chi connectivity index (χ1n) is 5.22. The van der Waals surface area contributed by atoms with Gasteiger partial charge in [0.1, 0.15) is 11.0 Å². The molecule has 1 aromatic rings. The number of nitrogens with zero attached hydrogens (tertiary/aromatic N) is 3. The highest BCUT2D eigenvalue weighted by molar-refractivity contribution is 6.29. The van der Waals surface area contributed by atoms with Gasteiger partial charge >= 0.3 is 0 Å². The average Bonchev–Trinajstić information content (AvgIpc) is 2.28. The zero-order valence-corrected chi connectivity index (χ0v) is 9.94. The molecular weight excluding hydrogens is 226 g/mol. The van der Waals surface area contributed by atoms with Crippen molar-refractivity contribution in [2.24, 2.45) is 0 Å². The Morgan fingerprint density at radius 3 is 3.12 bits per heavy atom. The van der Waals surface area contributed by atoms with Crippen LogP contribution in [-0.4, -0.2) is 35.8 Å². The van der Waals surface area contributed by atoms with E-state index in [4.69, 9.17) is 16.3 Å². The summed E-state index contributed by atoms with van der Waals surface area (Å²) < 4.78 is 5.48. The van der Waals surface area contributed by atoms with Crippen LogP contribution in [0.5, 0.6) is 0 Å². The van der Waals surface area contributed by atoms with Gasteiger partial charge in [0, 0.05) is 19.2 Å². The second-order valence-corrected chi connectivity index (χ2v) is 4.13. The van der Waals surface area contributed by atoms with Crippen LogP contribution in [0.15, 0.2) is 12.6 Å². The summed E-state index contributed by atoms with van der Waals surface area (Å²) in [5, 5.41) is 0.444. The summed E-state index contributed by atoms with van der Waals surface area (Å²) in [7, 11) is 0. The molecule has 1 fully saturated rings. The lowest BCUT2D eigenvalue weighted by Crippen LogP contribution is -2.41. The number of halogens is 1. The minimum Gasteiger partial charge on any atom is -0.375 e. The molecule has 0 radical (unpaired) electrons. The fraction of sp³-hybridized carbons (Fsp3) is 0.455. The third-order valence-corrected chi connectivity index (χ3v) is 2.64. The number of ether oxygens (including phenoxy) is 1. The van der Waals surface area contributed by atoms with Gasteiger partial charge in [-0.2, -0.15) is 0 Å². The van der Waals surface area contributed by atoms with E-state index in [2.05, 4.69) is 21.4 Å². The Morgan fingerprint density at radius 2 is 2.44 bits per heavy atom. The molecule has 5 heteroatoms. The highest BCUT2D eigenvalue weighted by atomic mass is 35.5. The van der Waals surface area contributed by atoms with Crippen molar-refractivity contribution in [3.8, 4) is 0 Å². The number of aromatic nitrogens is 2. The molecule has 1 aliphatic rings. The first kappa shape index (κ1) is 11.4. The molecule has 0 amide bonds. The lowest BCUT2D eigenvalue weighted by Gasteiger charge is -2.32. The molecule has 1 saturated heterocycles. The van der Waals surface area contributed by atoms with Crippen molar-refractivity contribution in [2.45, 2.75) is 13.0 Å². The van der Waals surface area contributed by atoms with Crippen molar-refractivity contribution >= 4 is 23.5 Å². The summed E-state index contributed by atoms with van der Waals surface area (Å²) in [6, 6.07) is 1.77. The van der Waals surface area contributed by atoms with Gasteiger partial charge in [0.05, 0.1) is 12.7 Å². The third kappa shape index (κ3) is 2.51. The summed E-state index contributed by atoms with van der Waals surface area (Å²) in [5.41, 5.74) is 0. The molecular formula is C11H14ClN3O. The largest absolute Gasteiger partial charge is 0.375 e. The lowest BCUT2D eigenvalue weighted by molar-refractivity contribution is 0.0529. The van der Waals surface area contributed by atoms with Gasteiger partial charge in [-0.05, 0) is 13.0 Å². The van der Waals surface area contributed by atoms with Gasteiger partial charge in [-0.25, -0.2) is 9.97 Å². The van der Waals surface area contributed by atoms with E-state index in [0.29, 0.717) is 17.6 Å². The van der Waals surface area contributed by atoms with Gasteiger partial charge in [0.25, 0.3) is 0 Å². The second kappa shape index (κ2) is 4.80. The predicted octanol–water partition coefficient (Wildman–Crippen LogP) is 2.00. The van der Waals surface area contributed by atoms with Crippen LogP contribution in [-0.2, 0) is 4.74 Å². The van der Waals surface area contributed by atoms with Crippen LogP contribution >= 0.6 is 11.6 Å². The molecule has 2 heterocycles. The molecule has 1 atom stereocenters. The smallest absolute Gasteiger partial charge is 0.155 e. The fourth-order valence-electron chi connectivity index (χ4n) is 1.70. The maximum Gasteiger partial charge on any atom is 0.155 e. The highest BCUT2D eigenvalue weighted by Gasteiger charge is 2.18. The van der Waals surface area contributed by atoms with Crippen molar-refractivity contribution in [1.29, 1.82) is 0 Å².